The van der Waals surface area contributed by atoms with Crippen molar-refractivity contribution in [1.29, 1.82) is 5.26 Å². The van der Waals surface area contributed by atoms with E-state index in [0.29, 0.717) is 22.8 Å². The smallest absolute Gasteiger partial charge is 0.205 e. The van der Waals surface area contributed by atoms with Gasteiger partial charge in [-0.3, -0.25) is 0 Å². The molecule has 0 fully saturated rings. The maximum absolute atomic E-state index is 9.69. The lowest BCUT2D eigenvalue weighted by molar-refractivity contribution is 0.380. The first-order valence-electron chi connectivity index (χ1n) is 7.21. The molecule has 24 heavy (non-hydrogen) atoms. The summed E-state index contributed by atoms with van der Waals surface area (Å²) in [6.07, 6.45) is 0. The number of phenolic OH excluding ortho intramolecular Hbond substituents is 1. The molecule has 0 bridgehead atoms. The monoisotopic (exact) mass is 324 g/mol. The SMILES string of the molecule is COc1ccc(OC)c([C@@H]2C(C#N)=C(N)Oc3cc(O)ccc32)c1. The van der Waals surface area contributed by atoms with Crippen LogP contribution in [0.2, 0.25) is 0 Å². The summed E-state index contributed by atoms with van der Waals surface area (Å²) in [4.78, 5) is 0. The third-order valence-corrected chi connectivity index (χ3v) is 3.95. The Kier molecular flexibility index (Phi) is 3.92. The molecular weight excluding hydrogens is 308 g/mol. The van der Waals surface area contributed by atoms with E-state index in [4.69, 9.17) is 19.9 Å². The average molecular weight is 324 g/mol. The summed E-state index contributed by atoms with van der Waals surface area (Å²) >= 11 is 0. The molecule has 2 aromatic carbocycles. The van der Waals surface area contributed by atoms with E-state index in [9.17, 15) is 10.4 Å². The fourth-order valence-electron chi connectivity index (χ4n) is 2.83. The number of phenols is 1. The van der Waals surface area contributed by atoms with Crippen molar-refractivity contribution in [3.8, 4) is 29.1 Å². The van der Waals surface area contributed by atoms with Gasteiger partial charge in [0.25, 0.3) is 0 Å². The number of allylic oxidation sites excluding steroid dienone is 1. The molecule has 3 N–H and O–H groups in total. The number of rotatable bonds is 3. The third-order valence-electron chi connectivity index (χ3n) is 3.95. The molecule has 1 heterocycles. The Morgan fingerprint density at radius 3 is 2.58 bits per heavy atom. The Bertz CT molecular complexity index is 868. The van der Waals surface area contributed by atoms with Gasteiger partial charge in [-0.05, 0) is 24.3 Å². The zero-order valence-corrected chi connectivity index (χ0v) is 13.2. The summed E-state index contributed by atoms with van der Waals surface area (Å²) in [6, 6.07) is 12.2. The molecule has 0 aromatic heterocycles. The molecular formula is C18H16N2O4. The van der Waals surface area contributed by atoms with Crippen molar-refractivity contribution >= 4 is 0 Å². The van der Waals surface area contributed by atoms with E-state index in [2.05, 4.69) is 6.07 Å². The van der Waals surface area contributed by atoms with Crippen LogP contribution in [0.5, 0.6) is 23.0 Å². The van der Waals surface area contributed by atoms with Crippen molar-refractivity contribution in [2.24, 2.45) is 5.73 Å². The molecule has 2 aromatic rings. The standard InChI is InChI=1S/C18H16N2O4/c1-22-11-4-6-15(23-2)13(8-11)17-12-5-3-10(21)7-16(12)24-18(20)14(17)9-19/h3-8,17,21H,20H2,1-2H3/t17-/m1/s1. The highest BCUT2D eigenvalue weighted by molar-refractivity contribution is 5.60. The van der Waals surface area contributed by atoms with Crippen molar-refractivity contribution in [1.82, 2.24) is 0 Å². The third kappa shape index (κ3) is 2.46. The lowest BCUT2D eigenvalue weighted by Crippen LogP contribution is -2.21. The molecule has 0 spiro atoms. The molecule has 6 nitrogen and oxygen atoms in total. The van der Waals surface area contributed by atoms with Crippen LogP contribution >= 0.6 is 0 Å². The molecule has 122 valence electrons. The molecule has 3 rings (SSSR count). The maximum Gasteiger partial charge on any atom is 0.205 e. The predicted molar refractivity (Wildman–Crippen MR) is 87.0 cm³/mol. The summed E-state index contributed by atoms with van der Waals surface area (Å²) in [5.41, 5.74) is 7.64. The first-order chi connectivity index (χ1) is 11.6. The van der Waals surface area contributed by atoms with Crippen LogP contribution in [0.4, 0.5) is 0 Å². The molecule has 1 aliphatic heterocycles. The molecule has 6 heteroatoms. The number of hydrogen-bond donors (Lipinski definition) is 2. The maximum atomic E-state index is 9.69. The second-order valence-electron chi connectivity index (χ2n) is 5.25. The van der Waals surface area contributed by atoms with Gasteiger partial charge in [0.1, 0.15) is 34.6 Å². The lowest BCUT2D eigenvalue weighted by atomic mass is 9.83. The van der Waals surface area contributed by atoms with Crippen molar-refractivity contribution in [2.75, 3.05) is 14.2 Å². The molecule has 0 unspecified atom stereocenters. The van der Waals surface area contributed by atoms with Crippen LogP contribution in [-0.4, -0.2) is 19.3 Å². The van der Waals surface area contributed by atoms with E-state index in [-0.39, 0.29) is 17.2 Å². The number of aromatic hydroxyl groups is 1. The zero-order chi connectivity index (χ0) is 17.3. The molecule has 1 aliphatic rings. The van der Waals surface area contributed by atoms with E-state index >= 15 is 0 Å². The summed E-state index contributed by atoms with van der Waals surface area (Å²) in [7, 11) is 3.12. The van der Waals surface area contributed by atoms with Gasteiger partial charge in [0.15, 0.2) is 0 Å². The van der Waals surface area contributed by atoms with Crippen molar-refractivity contribution in [2.45, 2.75) is 5.92 Å². The van der Waals surface area contributed by atoms with Crippen LogP contribution in [-0.2, 0) is 0 Å². The summed E-state index contributed by atoms with van der Waals surface area (Å²) in [6.45, 7) is 0. The molecule has 0 amide bonds. The van der Waals surface area contributed by atoms with Gasteiger partial charge >= 0.3 is 0 Å². The normalized spacial score (nSPS) is 16.0. The summed E-state index contributed by atoms with van der Waals surface area (Å²) < 4.78 is 16.2. The Hall–Kier alpha value is -3.33. The van der Waals surface area contributed by atoms with Crippen LogP contribution in [0.25, 0.3) is 0 Å². The second-order valence-corrected chi connectivity index (χ2v) is 5.25. The van der Waals surface area contributed by atoms with Gasteiger partial charge in [0, 0.05) is 17.2 Å². The molecule has 0 aliphatic carbocycles. The van der Waals surface area contributed by atoms with Crippen LogP contribution < -0.4 is 19.9 Å². The Morgan fingerprint density at radius 2 is 1.92 bits per heavy atom. The number of nitrogens with zero attached hydrogens (tertiary/aromatic N) is 1. The Labute approximate surface area is 139 Å². The number of methoxy groups -OCH3 is 2. The minimum absolute atomic E-state index is 0.00507. The minimum Gasteiger partial charge on any atom is -0.508 e. The topological polar surface area (TPSA) is 97.7 Å². The van der Waals surface area contributed by atoms with Gasteiger partial charge < -0.3 is 25.1 Å². The number of hydrogen-bond acceptors (Lipinski definition) is 6. The second kappa shape index (κ2) is 6.05. The largest absolute Gasteiger partial charge is 0.508 e. The first kappa shape index (κ1) is 15.6. The van der Waals surface area contributed by atoms with Crippen LogP contribution in [0.1, 0.15) is 17.0 Å². The molecule has 0 saturated carbocycles. The molecule has 0 saturated heterocycles. The Balaban J connectivity index is 2.28. The van der Waals surface area contributed by atoms with E-state index < -0.39 is 5.92 Å². The van der Waals surface area contributed by atoms with E-state index in [1.165, 1.54) is 6.07 Å². The predicted octanol–water partition coefficient (Wildman–Crippen LogP) is 2.63. The number of nitriles is 1. The van der Waals surface area contributed by atoms with E-state index in [1.807, 2.05) is 0 Å². The van der Waals surface area contributed by atoms with Gasteiger partial charge in [-0.2, -0.15) is 5.26 Å². The number of ether oxygens (including phenoxy) is 3. The van der Waals surface area contributed by atoms with Crippen LogP contribution in [0.3, 0.4) is 0 Å². The fraction of sp³-hybridized carbons (Fsp3) is 0.167. The van der Waals surface area contributed by atoms with Crippen molar-refractivity contribution < 1.29 is 19.3 Å². The van der Waals surface area contributed by atoms with Gasteiger partial charge in [-0.15, -0.1) is 0 Å². The minimum atomic E-state index is -0.482. The lowest BCUT2D eigenvalue weighted by Gasteiger charge is -2.27. The highest BCUT2D eigenvalue weighted by Gasteiger charge is 2.33. The van der Waals surface area contributed by atoms with Crippen LogP contribution in [0, 0.1) is 11.3 Å². The fourth-order valence-corrected chi connectivity index (χ4v) is 2.83. The molecule has 0 radical (unpaired) electrons. The number of fused-ring (bicyclic) bond motifs is 1. The average Bonchev–Trinajstić information content (AvgIpc) is 2.59. The van der Waals surface area contributed by atoms with E-state index in [0.717, 1.165) is 5.56 Å². The highest BCUT2D eigenvalue weighted by Crippen LogP contribution is 2.46. The van der Waals surface area contributed by atoms with Crippen molar-refractivity contribution in [3.63, 3.8) is 0 Å². The quantitative estimate of drug-likeness (QED) is 0.900. The van der Waals surface area contributed by atoms with Gasteiger partial charge in [-0.1, -0.05) is 6.07 Å². The van der Waals surface area contributed by atoms with Crippen molar-refractivity contribution in [3.05, 3.63) is 59.0 Å². The summed E-state index contributed by atoms with van der Waals surface area (Å²) in [5, 5.41) is 19.3. The van der Waals surface area contributed by atoms with Gasteiger partial charge in [-0.25, -0.2) is 0 Å². The number of benzene rings is 2. The first-order valence-corrected chi connectivity index (χ1v) is 7.21. The summed E-state index contributed by atoms with van der Waals surface area (Å²) in [5.74, 6) is 1.21. The van der Waals surface area contributed by atoms with Crippen LogP contribution in [0.15, 0.2) is 47.9 Å². The van der Waals surface area contributed by atoms with Gasteiger partial charge in [0.2, 0.25) is 5.88 Å². The van der Waals surface area contributed by atoms with E-state index in [1.54, 1.807) is 44.6 Å². The number of nitrogens with two attached hydrogens (primary N) is 1. The Morgan fingerprint density at radius 1 is 1.12 bits per heavy atom. The van der Waals surface area contributed by atoms with Gasteiger partial charge in [0.05, 0.1) is 20.1 Å². The molecule has 1 atom stereocenters. The highest BCUT2D eigenvalue weighted by atomic mass is 16.5. The zero-order valence-electron chi connectivity index (χ0n) is 13.2.